The Morgan fingerprint density at radius 3 is 1.68 bits per heavy atom. The first-order valence-electron chi connectivity index (χ1n) is 4.35. The van der Waals surface area contributed by atoms with Gasteiger partial charge in [0, 0.05) is 0 Å². The molecule has 0 aliphatic heterocycles. The second-order valence-corrected chi connectivity index (χ2v) is 4.43. The van der Waals surface area contributed by atoms with Gasteiger partial charge in [0.2, 0.25) is 0 Å². The quantitative estimate of drug-likeness (QED) is 0.667. The highest BCUT2D eigenvalue weighted by Crippen LogP contribution is 2.49. The molecule has 0 rings (SSSR count). The van der Waals surface area contributed by atoms with Gasteiger partial charge in [0.05, 0.1) is 0 Å². The Balaban J connectivity index is 5.07. The van der Waals surface area contributed by atoms with Gasteiger partial charge in [-0.05, 0) is 5.75 Å². The molecule has 0 saturated carbocycles. The first-order chi connectivity index (χ1) is 8.19. The number of hydrogen-bond acceptors (Lipinski definition) is 2. The van der Waals surface area contributed by atoms with Gasteiger partial charge in [-0.2, -0.15) is 39.5 Å². The van der Waals surface area contributed by atoms with Crippen molar-refractivity contribution < 1.29 is 48.6 Å². The van der Waals surface area contributed by atoms with Crippen LogP contribution in [0.3, 0.4) is 0 Å². The van der Waals surface area contributed by atoms with Crippen LogP contribution in [-0.4, -0.2) is 35.6 Å². The van der Waals surface area contributed by atoms with E-state index in [9.17, 15) is 43.9 Å². The highest BCUT2D eigenvalue weighted by molar-refractivity contribution is 8.00. The van der Waals surface area contributed by atoms with E-state index in [0.717, 1.165) is 6.92 Å². The highest BCUT2D eigenvalue weighted by Gasteiger charge is 2.75. The standard InChI is InChI=1S/C7H6F10OS/c1-2-19-4(9,10)3(8)18-7(16,17)5(11,12)6(13,14)15/h3H,2H2,1H3. The number of thioether (sulfide) groups is 1. The van der Waals surface area contributed by atoms with Crippen LogP contribution in [0, 0.1) is 0 Å². The minimum Gasteiger partial charge on any atom is -0.273 e. The molecule has 1 unspecified atom stereocenters. The number of hydrogen-bond donors (Lipinski definition) is 0. The lowest BCUT2D eigenvalue weighted by molar-refractivity contribution is -0.446. The summed E-state index contributed by atoms with van der Waals surface area (Å²) in [7, 11) is 0. The molecule has 0 aromatic rings. The van der Waals surface area contributed by atoms with E-state index >= 15 is 0 Å². The largest absolute Gasteiger partial charge is 0.462 e. The van der Waals surface area contributed by atoms with Gasteiger partial charge in [-0.25, -0.2) is 4.39 Å². The van der Waals surface area contributed by atoms with Crippen LogP contribution in [0.25, 0.3) is 0 Å². The van der Waals surface area contributed by atoms with Crippen LogP contribution >= 0.6 is 11.8 Å². The molecule has 19 heavy (non-hydrogen) atoms. The summed E-state index contributed by atoms with van der Waals surface area (Å²) in [5, 5.41) is -4.69. The fourth-order valence-electron chi connectivity index (χ4n) is 0.696. The van der Waals surface area contributed by atoms with Gasteiger partial charge in [-0.15, -0.1) is 0 Å². The maximum atomic E-state index is 12.6. The van der Waals surface area contributed by atoms with Gasteiger partial charge in [0.25, 0.3) is 6.36 Å². The molecule has 0 fully saturated rings. The van der Waals surface area contributed by atoms with Crippen LogP contribution in [0.4, 0.5) is 43.9 Å². The molecule has 116 valence electrons. The Morgan fingerprint density at radius 1 is 0.947 bits per heavy atom. The Hall–Kier alpha value is -0.390. The normalized spacial score (nSPS) is 16.6. The van der Waals surface area contributed by atoms with Gasteiger partial charge in [0.1, 0.15) is 0 Å². The Morgan fingerprint density at radius 2 is 1.37 bits per heavy atom. The first kappa shape index (κ1) is 18.6. The predicted molar refractivity (Wildman–Crippen MR) is 45.0 cm³/mol. The molecular weight excluding hydrogens is 322 g/mol. The summed E-state index contributed by atoms with van der Waals surface area (Å²) in [4.78, 5) is 0. The lowest BCUT2D eigenvalue weighted by Crippen LogP contribution is -2.55. The van der Waals surface area contributed by atoms with Crippen LogP contribution in [-0.2, 0) is 4.74 Å². The van der Waals surface area contributed by atoms with Gasteiger partial charge >= 0.3 is 23.5 Å². The smallest absolute Gasteiger partial charge is 0.273 e. The second kappa shape index (κ2) is 5.54. The Labute approximate surface area is 104 Å². The SMILES string of the molecule is CCSC(F)(F)C(F)OC(F)(F)C(F)(F)C(F)(F)F. The van der Waals surface area contributed by atoms with Crippen molar-refractivity contribution in [3.05, 3.63) is 0 Å². The molecule has 0 aliphatic rings. The van der Waals surface area contributed by atoms with Crippen LogP contribution in [0.15, 0.2) is 0 Å². The molecule has 0 spiro atoms. The molecule has 0 aromatic carbocycles. The van der Waals surface area contributed by atoms with Crippen molar-refractivity contribution in [3.8, 4) is 0 Å². The minimum atomic E-state index is -6.81. The summed E-state index contributed by atoms with van der Waals surface area (Å²) in [5.41, 5.74) is 0. The van der Waals surface area contributed by atoms with Crippen molar-refractivity contribution in [1.29, 1.82) is 0 Å². The molecule has 0 bridgehead atoms. The third kappa shape index (κ3) is 4.04. The summed E-state index contributed by atoms with van der Waals surface area (Å²) in [6.07, 6.45) is -17.6. The zero-order chi connectivity index (χ0) is 15.7. The molecular formula is C7H6F10OS. The Bertz CT molecular complexity index is 301. The second-order valence-electron chi connectivity index (χ2n) is 3.02. The maximum Gasteiger partial charge on any atom is 0.462 e. The van der Waals surface area contributed by atoms with Gasteiger partial charge in [0.15, 0.2) is 0 Å². The first-order valence-corrected chi connectivity index (χ1v) is 5.33. The molecule has 0 N–H and O–H groups in total. The van der Waals surface area contributed by atoms with E-state index in [0.29, 0.717) is 0 Å². The number of ether oxygens (including phenoxy) is 1. The fraction of sp³-hybridized carbons (Fsp3) is 1.00. The number of halogens is 10. The maximum absolute atomic E-state index is 12.6. The molecule has 0 amide bonds. The van der Waals surface area contributed by atoms with E-state index in [1.165, 1.54) is 0 Å². The van der Waals surface area contributed by atoms with Crippen molar-refractivity contribution in [2.24, 2.45) is 0 Å². The fourth-order valence-corrected chi connectivity index (χ4v) is 1.26. The van der Waals surface area contributed by atoms with Crippen molar-refractivity contribution in [2.45, 2.75) is 36.7 Å². The van der Waals surface area contributed by atoms with E-state index in [-0.39, 0.29) is 0 Å². The summed E-state index contributed by atoms with van der Waals surface area (Å²) < 4.78 is 124. The molecule has 0 radical (unpaired) electrons. The molecule has 0 saturated heterocycles. The highest BCUT2D eigenvalue weighted by atomic mass is 32.2. The summed E-state index contributed by atoms with van der Waals surface area (Å²) in [6, 6.07) is 0. The van der Waals surface area contributed by atoms with E-state index < -0.39 is 47.3 Å². The molecule has 12 heteroatoms. The van der Waals surface area contributed by atoms with Crippen molar-refractivity contribution in [2.75, 3.05) is 5.75 Å². The zero-order valence-electron chi connectivity index (χ0n) is 8.88. The van der Waals surface area contributed by atoms with E-state index in [4.69, 9.17) is 0 Å². The minimum absolute atomic E-state index is 0.516. The summed E-state index contributed by atoms with van der Waals surface area (Å²) in [5.74, 6) is -7.32. The average molecular weight is 328 g/mol. The summed E-state index contributed by atoms with van der Waals surface area (Å²) >= 11 is -0.592. The van der Waals surface area contributed by atoms with Crippen molar-refractivity contribution in [1.82, 2.24) is 0 Å². The number of alkyl halides is 10. The molecule has 0 aromatic heterocycles. The molecule has 1 atom stereocenters. The predicted octanol–water partition coefficient (Wildman–Crippen LogP) is 4.43. The summed E-state index contributed by atoms with van der Waals surface area (Å²) in [6.45, 7) is 1.05. The van der Waals surface area contributed by atoms with Crippen molar-refractivity contribution in [3.63, 3.8) is 0 Å². The van der Waals surface area contributed by atoms with Crippen molar-refractivity contribution >= 4 is 11.8 Å². The van der Waals surface area contributed by atoms with E-state index in [1.54, 1.807) is 0 Å². The van der Waals surface area contributed by atoms with Gasteiger partial charge in [-0.1, -0.05) is 18.7 Å². The molecule has 0 aliphatic carbocycles. The average Bonchev–Trinajstić information content (AvgIpc) is 2.14. The Kier molecular flexibility index (Phi) is 5.43. The van der Waals surface area contributed by atoms with Crippen LogP contribution in [0.2, 0.25) is 0 Å². The monoisotopic (exact) mass is 328 g/mol. The molecule has 0 heterocycles. The van der Waals surface area contributed by atoms with Crippen LogP contribution in [0.1, 0.15) is 6.92 Å². The zero-order valence-corrected chi connectivity index (χ0v) is 9.70. The van der Waals surface area contributed by atoms with E-state index in [2.05, 4.69) is 4.74 Å². The third-order valence-corrected chi connectivity index (χ3v) is 2.43. The van der Waals surface area contributed by atoms with Crippen LogP contribution in [0.5, 0.6) is 0 Å². The molecule has 1 nitrogen and oxygen atoms in total. The van der Waals surface area contributed by atoms with Gasteiger partial charge < -0.3 is 0 Å². The number of rotatable bonds is 6. The lowest BCUT2D eigenvalue weighted by atomic mass is 10.3. The van der Waals surface area contributed by atoms with E-state index in [1.807, 2.05) is 0 Å². The van der Waals surface area contributed by atoms with Gasteiger partial charge in [-0.3, -0.25) is 4.74 Å². The lowest BCUT2D eigenvalue weighted by Gasteiger charge is -2.30. The van der Waals surface area contributed by atoms with Crippen LogP contribution < -0.4 is 0 Å². The third-order valence-electron chi connectivity index (χ3n) is 1.57. The topological polar surface area (TPSA) is 9.23 Å².